The second-order valence-electron chi connectivity index (χ2n) is 4.68. The molecular formula is C16H15Br2NO. The van der Waals surface area contributed by atoms with Crippen LogP contribution in [-0.4, -0.2) is 12.5 Å². The summed E-state index contributed by atoms with van der Waals surface area (Å²) in [6, 6.07) is 15.7. The first-order chi connectivity index (χ1) is 9.56. The Morgan fingerprint density at radius 2 is 1.70 bits per heavy atom. The van der Waals surface area contributed by atoms with Crippen LogP contribution in [0.4, 0.5) is 0 Å². The number of carbonyl (C=O) groups is 1. The maximum Gasteiger partial charge on any atom is 0.251 e. The maximum absolute atomic E-state index is 12.1. The molecule has 0 aliphatic carbocycles. The number of benzene rings is 2. The average Bonchev–Trinajstić information content (AvgIpc) is 2.44. The predicted octanol–water partition coefficient (Wildman–Crippen LogP) is 4.75. The molecule has 104 valence electrons. The topological polar surface area (TPSA) is 29.1 Å². The lowest BCUT2D eigenvalue weighted by Crippen LogP contribution is -2.27. The first kappa shape index (κ1) is 15.3. The normalized spacial score (nSPS) is 11.9. The summed E-state index contributed by atoms with van der Waals surface area (Å²) in [5.41, 5.74) is 1.87. The Morgan fingerprint density at radius 3 is 2.30 bits per heavy atom. The molecule has 2 nitrogen and oxygen atoms in total. The number of halogens is 2. The molecule has 1 N–H and O–H groups in total. The molecule has 2 aromatic carbocycles. The van der Waals surface area contributed by atoms with Gasteiger partial charge in [-0.1, -0.05) is 69.1 Å². The van der Waals surface area contributed by atoms with Gasteiger partial charge in [0, 0.05) is 21.1 Å². The van der Waals surface area contributed by atoms with E-state index >= 15 is 0 Å². The Kier molecular flexibility index (Phi) is 5.38. The van der Waals surface area contributed by atoms with Gasteiger partial charge in [-0.3, -0.25) is 4.79 Å². The van der Waals surface area contributed by atoms with Crippen molar-refractivity contribution in [2.24, 2.45) is 0 Å². The fourth-order valence-corrected chi connectivity index (χ4v) is 3.23. The highest BCUT2D eigenvalue weighted by atomic mass is 79.9. The second kappa shape index (κ2) is 7.04. The SMILES string of the molecule is CC(CNC(=O)c1cc(Br)cc(Br)c1)c1ccccc1. The molecular weight excluding hydrogens is 382 g/mol. The van der Waals surface area contributed by atoms with Crippen LogP contribution >= 0.6 is 31.9 Å². The summed E-state index contributed by atoms with van der Waals surface area (Å²) >= 11 is 6.78. The van der Waals surface area contributed by atoms with Crippen molar-refractivity contribution in [2.75, 3.05) is 6.54 Å². The van der Waals surface area contributed by atoms with Crippen LogP contribution in [0, 0.1) is 0 Å². The van der Waals surface area contributed by atoms with Crippen molar-refractivity contribution >= 4 is 37.8 Å². The lowest BCUT2D eigenvalue weighted by molar-refractivity contribution is 0.0951. The van der Waals surface area contributed by atoms with Crippen LogP contribution in [0.5, 0.6) is 0 Å². The molecule has 0 aromatic heterocycles. The molecule has 1 atom stereocenters. The van der Waals surface area contributed by atoms with Crippen LogP contribution in [0.15, 0.2) is 57.5 Å². The summed E-state index contributed by atoms with van der Waals surface area (Å²) in [4.78, 5) is 12.1. The minimum atomic E-state index is -0.0604. The monoisotopic (exact) mass is 395 g/mol. The molecule has 2 rings (SSSR count). The summed E-state index contributed by atoms with van der Waals surface area (Å²) in [6.45, 7) is 2.72. The molecule has 4 heteroatoms. The molecule has 20 heavy (non-hydrogen) atoms. The van der Waals surface area contributed by atoms with Crippen molar-refractivity contribution in [3.8, 4) is 0 Å². The second-order valence-corrected chi connectivity index (χ2v) is 6.51. The summed E-state index contributed by atoms with van der Waals surface area (Å²) in [7, 11) is 0. The highest BCUT2D eigenvalue weighted by Crippen LogP contribution is 2.20. The van der Waals surface area contributed by atoms with Gasteiger partial charge in [0.1, 0.15) is 0 Å². The van der Waals surface area contributed by atoms with Crippen molar-refractivity contribution < 1.29 is 4.79 Å². The highest BCUT2D eigenvalue weighted by molar-refractivity contribution is 9.11. The number of rotatable bonds is 4. The predicted molar refractivity (Wildman–Crippen MR) is 89.0 cm³/mol. The standard InChI is InChI=1S/C16H15Br2NO/c1-11(12-5-3-2-4-6-12)10-19-16(20)13-7-14(17)9-15(18)8-13/h2-9,11H,10H2,1H3,(H,19,20). The molecule has 0 fully saturated rings. The van der Waals surface area contributed by atoms with Crippen molar-refractivity contribution in [3.63, 3.8) is 0 Å². The van der Waals surface area contributed by atoms with E-state index in [0.29, 0.717) is 12.1 Å². The van der Waals surface area contributed by atoms with Gasteiger partial charge in [-0.25, -0.2) is 0 Å². The van der Waals surface area contributed by atoms with Crippen LogP contribution in [0.2, 0.25) is 0 Å². The zero-order valence-electron chi connectivity index (χ0n) is 11.1. The van der Waals surface area contributed by atoms with E-state index in [1.807, 2.05) is 36.4 Å². The molecule has 0 radical (unpaired) electrons. The number of nitrogens with one attached hydrogen (secondary N) is 1. The summed E-state index contributed by atoms with van der Waals surface area (Å²) < 4.78 is 1.77. The van der Waals surface area contributed by atoms with Crippen LogP contribution in [0.25, 0.3) is 0 Å². The first-order valence-corrected chi connectivity index (χ1v) is 7.94. The molecule has 2 aromatic rings. The lowest BCUT2D eigenvalue weighted by atomic mass is 10.0. The first-order valence-electron chi connectivity index (χ1n) is 6.35. The largest absolute Gasteiger partial charge is 0.351 e. The van der Waals surface area contributed by atoms with Crippen LogP contribution in [0.1, 0.15) is 28.8 Å². The van der Waals surface area contributed by atoms with E-state index in [0.717, 1.165) is 8.95 Å². The molecule has 1 unspecified atom stereocenters. The zero-order valence-corrected chi connectivity index (χ0v) is 14.2. The van der Waals surface area contributed by atoms with Gasteiger partial charge in [-0.2, -0.15) is 0 Å². The van der Waals surface area contributed by atoms with E-state index in [-0.39, 0.29) is 11.8 Å². The van der Waals surface area contributed by atoms with E-state index in [1.165, 1.54) is 5.56 Å². The lowest BCUT2D eigenvalue weighted by Gasteiger charge is -2.13. The van der Waals surface area contributed by atoms with E-state index in [9.17, 15) is 4.79 Å². The van der Waals surface area contributed by atoms with Gasteiger partial charge >= 0.3 is 0 Å². The number of hydrogen-bond acceptors (Lipinski definition) is 1. The Balaban J connectivity index is 1.98. The van der Waals surface area contributed by atoms with Crippen LogP contribution in [0.3, 0.4) is 0 Å². The molecule has 0 saturated carbocycles. The quantitative estimate of drug-likeness (QED) is 0.793. The summed E-state index contributed by atoms with van der Waals surface area (Å²) in [5, 5.41) is 2.97. The molecule has 1 amide bonds. The maximum atomic E-state index is 12.1. The highest BCUT2D eigenvalue weighted by Gasteiger charge is 2.10. The van der Waals surface area contributed by atoms with Crippen LogP contribution < -0.4 is 5.32 Å². The summed E-state index contributed by atoms with van der Waals surface area (Å²) in [6.07, 6.45) is 0. The minimum Gasteiger partial charge on any atom is -0.351 e. The molecule has 0 saturated heterocycles. The molecule has 0 spiro atoms. The van der Waals surface area contributed by atoms with Crippen molar-refractivity contribution in [1.29, 1.82) is 0 Å². The van der Waals surface area contributed by atoms with Crippen molar-refractivity contribution in [1.82, 2.24) is 5.32 Å². The van der Waals surface area contributed by atoms with Gasteiger partial charge in [-0.05, 0) is 29.7 Å². The van der Waals surface area contributed by atoms with Crippen molar-refractivity contribution in [3.05, 3.63) is 68.6 Å². The molecule has 0 aliphatic heterocycles. The van der Waals surface area contributed by atoms with Crippen molar-refractivity contribution in [2.45, 2.75) is 12.8 Å². The minimum absolute atomic E-state index is 0.0604. The zero-order chi connectivity index (χ0) is 14.5. The van der Waals surface area contributed by atoms with Gasteiger partial charge in [-0.15, -0.1) is 0 Å². The van der Waals surface area contributed by atoms with Gasteiger partial charge in [0.15, 0.2) is 0 Å². The molecule has 0 heterocycles. The fourth-order valence-electron chi connectivity index (χ4n) is 1.93. The third-order valence-electron chi connectivity index (χ3n) is 3.06. The van der Waals surface area contributed by atoms with E-state index < -0.39 is 0 Å². The Labute approximate surface area is 135 Å². The Hall–Kier alpha value is -1.13. The van der Waals surface area contributed by atoms with Gasteiger partial charge in [0.2, 0.25) is 0 Å². The van der Waals surface area contributed by atoms with E-state index in [2.05, 4.69) is 56.2 Å². The Bertz CT molecular complexity index is 578. The third-order valence-corrected chi connectivity index (χ3v) is 3.98. The fraction of sp³-hybridized carbons (Fsp3) is 0.188. The molecule has 0 aliphatic rings. The number of hydrogen-bond donors (Lipinski definition) is 1. The Morgan fingerprint density at radius 1 is 1.10 bits per heavy atom. The van der Waals surface area contributed by atoms with Gasteiger partial charge < -0.3 is 5.32 Å². The van der Waals surface area contributed by atoms with E-state index in [1.54, 1.807) is 0 Å². The molecule has 0 bridgehead atoms. The number of carbonyl (C=O) groups excluding carboxylic acids is 1. The van der Waals surface area contributed by atoms with Gasteiger partial charge in [0.25, 0.3) is 5.91 Å². The smallest absolute Gasteiger partial charge is 0.251 e. The van der Waals surface area contributed by atoms with Crippen LogP contribution in [-0.2, 0) is 0 Å². The van der Waals surface area contributed by atoms with Gasteiger partial charge in [0.05, 0.1) is 0 Å². The summed E-state index contributed by atoms with van der Waals surface area (Å²) in [5.74, 6) is 0.227. The third kappa shape index (κ3) is 4.18. The average molecular weight is 397 g/mol. The van der Waals surface area contributed by atoms with E-state index in [4.69, 9.17) is 0 Å². The number of amides is 1.